The fourth-order valence-electron chi connectivity index (χ4n) is 14.5. The Morgan fingerprint density at radius 3 is 1.47 bits per heavy atom. The molecule has 15 heteroatoms. The highest BCUT2D eigenvalue weighted by Gasteiger charge is 2.70. The van der Waals surface area contributed by atoms with Crippen molar-refractivity contribution in [2.24, 2.45) is 58.2 Å². The van der Waals surface area contributed by atoms with E-state index in [4.69, 9.17) is 4.74 Å². The van der Waals surface area contributed by atoms with Crippen molar-refractivity contribution in [1.82, 2.24) is 15.1 Å². The molecule has 7 rings (SSSR count). The van der Waals surface area contributed by atoms with E-state index in [0.717, 1.165) is 102 Å². The fourth-order valence-corrected chi connectivity index (χ4v) is 14.5. The third kappa shape index (κ3) is 17.9. The minimum absolute atomic E-state index is 0.000211. The third-order valence-corrected chi connectivity index (χ3v) is 19.9. The molecular weight excluding hydrogens is 1030 g/mol. The first kappa shape index (κ1) is 65.4. The van der Waals surface area contributed by atoms with Crippen LogP contribution in [-0.2, 0) is 59.2 Å². The van der Waals surface area contributed by atoms with Crippen LogP contribution < -0.4 is 5.32 Å². The van der Waals surface area contributed by atoms with E-state index in [1.807, 2.05) is 54.0 Å². The molecule has 12 atom stereocenters. The van der Waals surface area contributed by atoms with Crippen LogP contribution in [0.2, 0.25) is 0 Å². The van der Waals surface area contributed by atoms with Crippen LogP contribution in [0, 0.1) is 58.2 Å². The molecule has 1 aromatic carbocycles. The second-order valence-electron chi connectivity index (χ2n) is 26.5. The Labute approximate surface area is 484 Å². The molecule has 15 nitrogen and oxygen atoms in total. The van der Waals surface area contributed by atoms with Crippen LogP contribution in [0.1, 0.15) is 221 Å². The summed E-state index contributed by atoms with van der Waals surface area (Å²) >= 11 is 0. The maximum atomic E-state index is 14.0. The minimum Gasteiger partial charge on any atom is -0.469 e. The Morgan fingerprint density at radius 1 is 0.593 bits per heavy atom. The van der Waals surface area contributed by atoms with Crippen LogP contribution in [0.5, 0.6) is 0 Å². The molecule has 3 amide bonds. The largest absolute Gasteiger partial charge is 0.469 e. The number of ketones is 4. The SMILES string of the molecule is COC(=O)CCC(=O)C(OC(C)=O)[C@@H]1CCCCCCCCCC[C@H](C)C(=O)N2C[C@H]3[C@@H](C2C(=O)C1)C3(C)C.C[C@H]1CCCCCCCCCC[C@@H](C(O)C(=O)CCC(=O)NCc2ccccc2)CC(=O)C2[C@@H]3[C@H](CN2C1=O)C3(C)C. The monoisotopic (exact) mass is 1130 g/mol. The molecule has 4 heterocycles. The minimum atomic E-state index is -1.29. The van der Waals surface area contributed by atoms with Gasteiger partial charge in [0, 0.05) is 76.4 Å². The van der Waals surface area contributed by atoms with E-state index < -0.39 is 48.1 Å². The van der Waals surface area contributed by atoms with Gasteiger partial charge in [0.15, 0.2) is 29.2 Å². The van der Waals surface area contributed by atoms with Crippen LogP contribution in [-0.4, -0.2) is 112 Å². The molecule has 4 unspecified atom stereocenters. The highest BCUT2D eigenvalue weighted by Crippen LogP contribution is 2.66. The lowest BCUT2D eigenvalue weighted by Crippen LogP contribution is -2.48. The summed E-state index contributed by atoms with van der Waals surface area (Å²) in [5, 5.41) is 14.0. The van der Waals surface area contributed by atoms with E-state index in [1.54, 1.807) is 0 Å². The Hall–Kier alpha value is -4.79. The summed E-state index contributed by atoms with van der Waals surface area (Å²) in [6.07, 6.45) is 17.5. The van der Waals surface area contributed by atoms with Crippen molar-refractivity contribution in [3.63, 3.8) is 0 Å². The number of esters is 2. The van der Waals surface area contributed by atoms with Crippen molar-refractivity contribution < 1.29 is 57.7 Å². The number of Topliss-reactive ketones (excluding diaryl/α,β-unsaturated/α-hetero) is 4. The summed E-state index contributed by atoms with van der Waals surface area (Å²) in [4.78, 5) is 121. The van der Waals surface area contributed by atoms with Crippen LogP contribution >= 0.6 is 0 Å². The lowest BCUT2D eigenvalue weighted by atomic mass is 9.84. The van der Waals surface area contributed by atoms with Crippen molar-refractivity contribution in [1.29, 1.82) is 0 Å². The topological polar surface area (TPSA) is 211 Å². The van der Waals surface area contributed by atoms with Gasteiger partial charge >= 0.3 is 11.9 Å². The lowest BCUT2D eigenvalue weighted by Gasteiger charge is -2.33. The van der Waals surface area contributed by atoms with Gasteiger partial charge in [0.1, 0.15) is 6.10 Å². The molecule has 0 bridgehead atoms. The molecule has 2 aliphatic carbocycles. The van der Waals surface area contributed by atoms with Crippen molar-refractivity contribution in [3.05, 3.63) is 35.9 Å². The summed E-state index contributed by atoms with van der Waals surface area (Å²) < 4.78 is 10.2. The van der Waals surface area contributed by atoms with Gasteiger partial charge in [-0.2, -0.15) is 0 Å². The Bertz CT molecular complexity index is 2320. The number of ether oxygens (including phenoxy) is 2. The third-order valence-electron chi connectivity index (χ3n) is 19.9. The molecule has 6 aliphatic rings. The predicted octanol–water partition coefficient (Wildman–Crippen LogP) is 10.7. The number of nitrogens with zero attached hydrogens (tertiary/aromatic N) is 2. The van der Waals surface area contributed by atoms with Crippen LogP contribution in [0.4, 0.5) is 0 Å². The average molecular weight is 1130 g/mol. The molecular formula is C66H101N3O12. The standard InChI is InChI=1S/C35H52N2O5.C31H49NO7/c1-24-15-11-8-6-4-5-7-9-14-18-26(21-29(39)32-31-27(35(31,2)3)23-37(32)34(24)42)33(41)28(38)19-20-30(40)36-22-25-16-12-10-13-17-25;1-20-14-12-10-8-6-7-9-11-13-15-22(29(39-21(2)33)24(34)16-17-26(36)38-5)18-25(35)28-27-23(31(27,3)4)19-32(28)30(20)37/h10,12-13,16-17,24,26-27,31-33,41H,4-9,11,14-15,18-23H2,1-3H3,(H,36,40);20,22-23,27-29H,6-19H2,1-5H3/t24-,26+,27-,31-,32?,33?;20-,22+,23-,27-,28?,29?/m00/s1. The molecule has 0 aromatic heterocycles. The average Bonchev–Trinajstić information content (AvgIpc) is 1.89. The lowest BCUT2D eigenvalue weighted by molar-refractivity contribution is -0.158. The number of hydrogen-bond acceptors (Lipinski definition) is 12. The van der Waals surface area contributed by atoms with Gasteiger partial charge in [-0.25, -0.2) is 0 Å². The van der Waals surface area contributed by atoms with Gasteiger partial charge in [-0.3, -0.25) is 43.2 Å². The van der Waals surface area contributed by atoms with Gasteiger partial charge in [-0.15, -0.1) is 0 Å². The maximum absolute atomic E-state index is 14.0. The number of aliphatic hydroxyl groups is 1. The first-order chi connectivity index (χ1) is 38.6. The zero-order chi connectivity index (χ0) is 59.0. The van der Waals surface area contributed by atoms with Crippen molar-refractivity contribution in [2.45, 2.75) is 246 Å². The number of fused-ring (bicyclic) bond motifs is 6. The summed E-state index contributed by atoms with van der Waals surface area (Å²) in [5.41, 5.74) is 1.00. The zero-order valence-corrected chi connectivity index (χ0v) is 50.7. The van der Waals surface area contributed by atoms with E-state index in [1.165, 1.54) is 33.3 Å². The molecule has 0 radical (unpaired) electrons. The maximum Gasteiger partial charge on any atom is 0.305 e. The zero-order valence-electron chi connectivity index (χ0n) is 50.7. The molecule has 0 spiro atoms. The van der Waals surface area contributed by atoms with Crippen molar-refractivity contribution in [2.75, 3.05) is 20.2 Å². The number of benzene rings is 1. The molecule has 2 N–H and O–H groups in total. The van der Waals surface area contributed by atoms with Gasteiger partial charge in [-0.05, 0) is 71.7 Å². The molecule has 1 aromatic rings. The molecule has 81 heavy (non-hydrogen) atoms. The van der Waals surface area contributed by atoms with E-state index >= 15 is 0 Å². The predicted molar refractivity (Wildman–Crippen MR) is 310 cm³/mol. The number of aliphatic hydroxyl groups excluding tert-OH is 1. The summed E-state index contributed by atoms with van der Waals surface area (Å²) in [6.45, 7) is 15.6. The number of piperidine rings is 2. The quantitative estimate of drug-likeness (QED) is 0.177. The summed E-state index contributed by atoms with van der Waals surface area (Å²) in [7, 11) is 1.26. The van der Waals surface area contributed by atoms with E-state index in [2.05, 4.69) is 37.7 Å². The second kappa shape index (κ2) is 30.7. The Kier molecular flexibility index (Phi) is 24.7. The molecule has 4 saturated heterocycles. The van der Waals surface area contributed by atoms with Crippen LogP contribution in [0.25, 0.3) is 0 Å². The smallest absolute Gasteiger partial charge is 0.305 e. The molecule has 452 valence electrons. The van der Waals surface area contributed by atoms with Crippen LogP contribution in [0.15, 0.2) is 30.3 Å². The van der Waals surface area contributed by atoms with Gasteiger partial charge in [-0.1, -0.05) is 175 Å². The number of hydrogen-bond donors (Lipinski definition) is 2. The normalized spacial score (nSPS) is 30.2. The van der Waals surface area contributed by atoms with E-state index in [0.29, 0.717) is 44.3 Å². The van der Waals surface area contributed by atoms with Gasteiger partial charge in [0.2, 0.25) is 17.7 Å². The van der Waals surface area contributed by atoms with E-state index in [-0.39, 0.29) is 114 Å². The van der Waals surface area contributed by atoms with Gasteiger partial charge in [0.05, 0.1) is 25.6 Å². The van der Waals surface area contributed by atoms with E-state index in [9.17, 15) is 48.3 Å². The number of nitrogens with one attached hydrogen (secondary N) is 1. The van der Waals surface area contributed by atoms with Crippen molar-refractivity contribution >= 4 is 52.8 Å². The number of carbonyl (C=O) groups is 9. The number of amides is 3. The Morgan fingerprint density at radius 2 is 1.01 bits per heavy atom. The molecule has 2 saturated carbocycles. The summed E-state index contributed by atoms with van der Waals surface area (Å²) in [6, 6.07) is 8.61. The first-order valence-electron chi connectivity index (χ1n) is 31.5. The molecule has 6 fully saturated rings. The van der Waals surface area contributed by atoms with Gasteiger partial charge in [0.25, 0.3) is 0 Å². The number of rotatable bonds is 13. The van der Waals surface area contributed by atoms with Crippen molar-refractivity contribution in [3.8, 4) is 0 Å². The first-order valence-corrected chi connectivity index (χ1v) is 31.5. The van der Waals surface area contributed by atoms with Crippen LogP contribution in [0.3, 0.4) is 0 Å². The number of carbonyl (C=O) groups excluding carboxylic acids is 9. The highest BCUT2D eigenvalue weighted by molar-refractivity contribution is 5.94. The summed E-state index contributed by atoms with van der Waals surface area (Å²) in [5.74, 6) is -2.32. The second-order valence-corrected chi connectivity index (χ2v) is 26.5. The van der Waals surface area contributed by atoms with Gasteiger partial charge < -0.3 is 29.7 Å². The fraction of sp³-hybridized carbons (Fsp3) is 0.773. The Balaban J connectivity index is 0.000000262. The molecule has 4 aliphatic heterocycles. The number of methoxy groups -OCH3 is 1. The highest BCUT2D eigenvalue weighted by atomic mass is 16.5.